The van der Waals surface area contributed by atoms with Crippen molar-refractivity contribution in [2.24, 2.45) is 5.92 Å². The summed E-state index contributed by atoms with van der Waals surface area (Å²) in [4.78, 5) is 39.4. The molecule has 33 heavy (non-hydrogen) atoms. The van der Waals surface area contributed by atoms with Crippen LogP contribution in [0.3, 0.4) is 0 Å². The Morgan fingerprint density at radius 1 is 1.24 bits per heavy atom. The highest BCUT2D eigenvalue weighted by atomic mass is 32.1. The summed E-state index contributed by atoms with van der Waals surface area (Å²) in [5, 5.41) is 15.7. The Bertz CT molecular complexity index is 1310. The number of hydrogen-bond acceptors (Lipinski definition) is 5. The molecular weight excluding hydrogens is 445 g/mol. The van der Waals surface area contributed by atoms with Gasteiger partial charge in [0.25, 0.3) is 5.56 Å². The number of hydrogen-bond donors (Lipinski definition) is 3. The van der Waals surface area contributed by atoms with Crippen molar-refractivity contribution in [2.45, 2.75) is 45.7 Å². The van der Waals surface area contributed by atoms with Gasteiger partial charge in [-0.15, -0.1) is 0 Å². The van der Waals surface area contributed by atoms with Crippen molar-refractivity contribution in [1.82, 2.24) is 9.88 Å². The van der Waals surface area contributed by atoms with E-state index in [4.69, 9.17) is 0 Å². The fourth-order valence-corrected chi connectivity index (χ4v) is 4.78. The van der Waals surface area contributed by atoms with Gasteiger partial charge in [0.15, 0.2) is 5.78 Å². The molecule has 2 aromatic heterocycles. The van der Waals surface area contributed by atoms with Crippen molar-refractivity contribution >= 4 is 38.4 Å². The molecule has 9 heteroatoms. The first-order chi connectivity index (χ1) is 15.6. The average molecular weight is 472 g/mol. The van der Waals surface area contributed by atoms with E-state index in [1.54, 1.807) is 31.4 Å². The number of carbonyl (C=O) groups excluding carboxylic acids is 2. The quantitative estimate of drug-likeness (QED) is 0.453. The number of urea groups is 1. The molecule has 2 amide bonds. The van der Waals surface area contributed by atoms with Gasteiger partial charge in [0, 0.05) is 23.6 Å². The number of aryl methyl sites for hydroxylation is 1. The molecule has 7 nitrogen and oxygen atoms in total. The fraction of sp³-hybridized carbons (Fsp3) is 0.375. The normalized spacial score (nSPS) is 13.8. The zero-order valence-electron chi connectivity index (χ0n) is 18.7. The van der Waals surface area contributed by atoms with Gasteiger partial charge in [-0.1, -0.05) is 11.3 Å². The van der Waals surface area contributed by atoms with Crippen molar-refractivity contribution in [2.75, 3.05) is 11.9 Å². The zero-order chi connectivity index (χ0) is 23.9. The standard InChI is InChI=1S/C24H26FN3O4S/c1-13-10-15(6-8-17(13)25)20(31)19-16-7-9-18(30)28(11-14-4-5-14)22(16)33-21(19)26-23(32)27-24(2,3)12-29/h6-10,14,29H,4-5,11-12H2,1-3H3,(H2,26,27,32). The molecule has 1 aliphatic carbocycles. The summed E-state index contributed by atoms with van der Waals surface area (Å²) in [6.45, 7) is 5.20. The van der Waals surface area contributed by atoms with E-state index in [1.165, 1.54) is 24.3 Å². The first-order valence-corrected chi connectivity index (χ1v) is 11.6. The summed E-state index contributed by atoms with van der Waals surface area (Å²) >= 11 is 1.16. The van der Waals surface area contributed by atoms with Crippen molar-refractivity contribution < 1.29 is 19.1 Å². The Morgan fingerprint density at radius 3 is 2.61 bits per heavy atom. The van der Waals surface area contributed by atoms with Crippen molar-refractivity contribution in [3.8, 4) is 0 Å². The second-order valence-corrected chi connectivity index (χ2v) is 10.2. The van der Waals surface area contributed by atoms with Crippen LogP contribution in [0.5, 0.6) is 0 Å². The SMILES string of the molecule is Cc1cc(C(=O)c2c(NC(=O)NC(C)(C)CO)sc3c2ccc(=O)n3CC2CC2)ccc1F. The number of benzene rings is 1. The van der Waals surface area contributed by atoms with Crippen LogP contribution >= 0.6 is 11.3 Å². The Morgan fingerprint density at radius 2 is 1.97 bits per heavy atom. The van der Waals surface area contributed by atoms with Crippen LogP contribution in [0.2, 0.25) is 0 Å². The zero-order valence-corrected chi connectivity index (χ0v) is 19.5. The second kappa shape index (κ2) is 8.72. The Balaban J connectivity index is 1.83. The van der Waals surface area contributed by atoms with Gasteiger partial charge in [-0.05, 0) is 69.4 Å². The number of nitrogens with zero attached hydrogens (tertiary/aromatic N) is 1. The van der Waals surface area contributed by atoms with Gasteiger partial charge < -0.3 is 10.4 Å². The fourth-order valence-electron chi connectivity index (χ4n) is 3.59. The maximum absolute atomic E-state index is 13.8. The van der Waals surface area contributed by atoms with E-state index in [1.807, 2.05) is 0 Å². The molecule has 1 aliphatic rings. The monoisotopic (exact) mass is 471 g/mol. The molecule has 4 rings (SSSR count). The first kappa shape index (κ1) is 23.1. The number of aliphatic hydroxyl groups is 1. The van der Waals surface area contributed by atoms with Crippen LogP contribution < -0.4 is 16.2 Å². The van der Waals surface area contributed by atoms with Gasteiger partial charge in [-0.3, -0.25) is 19.5 Å². The van der Waals surface area contributed by atoms with Crippen molar-refractivity contribution in [3.63, 3.8) is 0 Å². The molecule has 0 radical (unpaired) electrons. The minimum absolute atomic E-state index is 0.162. The van der Waals surface area contributed by atoms with Crippen LogP contribution in [-0.2, 0) is 6.54 Å². The molecule has 174 valence electrons. The maximum Gasteiger partial charge on any atom is 0.320 e. The second-order valence-electron chi connectivity index (χ2n) is 9.16. The maximum atomic E-state index is 13.8. The average Bonchev–Trinajstić information content (AvgIpc) is 3.50. The molecule has 2 heterocycles. The Hall–Kier alpha value is -3.04. The van der Waals surface area contributed by atoms with Gasteiger partial charge in [0.2, 0.25) is 0 Å². The van der Waals surface area contributed by atoms with E-state index in [9.17, 15) is 23.9 Å². The molecule has 0 aliphatic heterocycles. The molecule has 3 N–H and O–H groups in total. The highest BCUT2D eigenvalue weighted by Gasteiger charge is 2.28. The van der Waals surface area contributed by atoms with Gasteiger partial charge in [-0.25, -0.2) is 9.18 Å². The molecule has 0 saturated heterocycles. The molecule has 0 atom stereocenters. The largest absolute Gasteiger partial charge is 0.394 e. The lowest BCUT2D eigenvalue weighted by Crippen LogP contribution is -2.48. The van der Waals surface area contributed by atoms with Crippen LogP contribution in [0.1, 0.15) is 48.2 Å². The summed E-state index contributed by atoms with van der Waals surface area (Å²) in [7, 11) is 0. The Kier molecular flexibility index (Phi) is 6.11. The third-order valence-electron chi connectivity index (χ3n) is 5.69. The smallest absolute Gasteiger partial charge is 0.320 e. The molecule has 1 saturated carbocycles. The van der Waals surface area contributed by atoms with Crippen molar-refractivity contribution in [3.05, 3.63) is 63.2 Å². The highest BCUT2D eigenvalue weighted by Crippen LogP contribution is 2.38. The predicted molar refractivity (Wildman–Crippen MR) is 127 cm³/mol. The molecule has 0 spiro atoms. The summed E-state index contributed by atoms with van der Waals surface area (Å²) in [5.74, 6) is -0.360. The van der Waals surface area contributed by atoms with E-state index < -0.39 is 17.4 Å². The van der Waals surface area contributed by atoms with E-state index in [2.05, 4.69) is 10.6 Å². The van der Waals surface area contributed by atoms with Crippen molar-refractivity contribution in [1.29, 1.82) is 0 Å². The number of anilines is 1. The highest BCUT2D eigenvalue weighted by molar-refractivity contribution is 7.23. The van der Waals surface area contributed by atoms with E-state index in [0.29, 0.717) is 33.2 Å². The topological polar surface area (TPSA) is 100 Å². The van der Waals surface area contributed by atoms with Crippen LogP contribution in [0.4, 0.5) is 14.2 Å². The number of rotatable bonds is 7. The van der Waals surface area contributed by atoms with Crippen LogP contribution in [0.15, 0.2) is 35.1 Å². The third kappa shape index (κ3) is 4.84. The summed E-state index contributed by atoms with van der Waals surface area (Å²) in [6, 6.07) is 6.57. The lowest BCUT2D eigenvalue weighted by Gasteiger charge is -2.23. The molecule has 3 aromatic rings. The van der Waals surface area contributed by atoms with Crippen LogP contribution in [0.25, 0.3) is 10.2 Å². The molecule has 0 unspecified atom stereocenters. The number of fused-ring (bicyclic) bond motifs is 1. The molecule has 1 aromatic carbocycles. The number of aliphatic hydroxyl groups excluding tert-OH is 1. The summed E-state index contributed by atoms with van der Waals surface area (Å²) < 4.78 is 15.4. The van der Waals surface area contributed by atoms with Crippen LogP contribution in [0, 0.1) is 18.7 Å². The lowest BCUT2D eigenvalue weighted by atomic mass is 10.0. The van der Waals surface area contributed by atoms with Gasteiger partial charge in [0.05, 0.1) is 17.7 Å². The van der Waals surface area contributed by atoms with E-state index in [-0.39, 0.29) is 29.1 Å². The molecule has 0 bridgehead atoms. The predicted octanol–water partition coefficient (Wildman–Crippen LogP) is 4.04. The molecule has 1 fully saturated rings. The minimum Gasteiger partial charge on any atom is -0.394 e. The van der Waals surface area contributed by atoms with Gasteiger partial charge in [0.1, 0.15) is 15.6 Å². The summed E-state index contributed by atoms with van der Waals surface area (Å²) in [6.07, 6.45) is 2.11. The number of amides is 2. The number of nitrogens with one attached hydrogen (secondary N) is 2. The van der Waals surface area contributed by atoms with E-state index >= 15 is 0 Å². The van der Waals surface area contributed by atoms with Gasteiger partial charge >= 0.3 is 6.03 Å². The van der Waals surface area contributed by atoms with Crippen LogP contribution in [-0.4, -0.2) is 33.6 Å². The summed E-state index contributed by atoms with van der Waals surface area (Å²) in [5.41, 5.74) is -0.157. The Labute approximate surface area is 194 Å². The lowest BCUT2D eigenvalue weighted by molar-refractivity contribution is 0.104. The number of thiophene rings is 1. The molecular formula is C24H26FN3O4S. The minimum atomic E-state index is -0.868. The first-order valence-electron chi connectivity index (χ1n) is 10.8. The van der Waals surface area contributed by atoms with E-state index in [0.717, 1.165) is 24.2 Å². The number of pyridine rings is 1. The number of halogens is 1. The third-order valence-corrected chi connectivity index (χ3v) is 6.83. The number of ketones is 1. The van der Waals surface area contributed by atoms with Gasteiger partial charge in [-0.2, -0.15) is 0 Å². The number of aromatic nitrogens is 1. The number of carbonyl (C=O) groups is 2.